The Bertz CT molecular complexity index is 402. The first kappa shape index (κ1) is 14.3. The van der Waals surface area contributed by atoms with Crippen LogP contribution in [0.5, 0.6) is 5.75 Å². The van der Waals surface area contributed by atoms with Gasteiger partial charge in [0, 0.05) is 6.42 Å². The number of carboxylic acids is 1. The molecule has 0 bridgehead atoms. The molecule has 0 amide bonds. The van der Waals surface area contributed by atoms with E-state index in [1.54, 1.807) is 12.1 Å². The third kappa shape index (κ3) is 5.56. The quantitative estimate of drug-likeness (QED) is 0.799. The van der Waals surface area contributed by atoms with Crippen molar-refractivity contribution in [3.8, 4) is 5.75 Å². The number of benzene rings is 1. The Balaban J connectivity index is 2.56. The third-order valence-corrected chi connectivity index (χ3v) is 2.29. The molecule has 0 fully saturated rings. The topological polar surface area (TPSA) is 46.5 Å². The minimum atomic E-state index is -4.71. The molecule has 18 heavy (non-hydrogen) atoms. The van der Waals surface area contributed by atoms with Crippen LogP contribution < -0.4 is 4.74 Å². The highest BCUT2D eigenvalue weighted by molar-refractivity contribution is 5.66. The van der Waals surface area contributed by atoms with Gasteiger partial charge in [-0.15, -0.1) is 13.2 Å². The summed E-state index contributed by atoms with van der Waals surface area (Å²) in [5, 5.41) is 8.44. The fourth-order valence-corrected chi connectivity index (χ4v) is 1.53. The molecule has 3 nitrogen and oxygen atoms in total. The van der Waals surface area contributed by atoms with E-state index >= 15 is 0 Å². The number of carboxylic acid groups (broad SMARTS) is 1. The summed E-state index contributed by atoms with van der Waals surface area (Å²) in [5.74, 6) is -1.13. The first-order valence-corrected chi connectivity index (χ1v) is 5.44. The van der Waals surface area contributed by atoms with Gasteiger partial charge in [0.05, 0.1) is 0 Å². The molecule has 1 aromatic rings. The van der Waals surface area contributed by atoms with Gasteiger partial charge in [0.15, 0.2) is 0 Å². The number of aryl methyl sites for hydroxylation is 1. The van der Waals surface area contributed by atoms with Crippen molar-refractivity contribution in [1.29, 1.82) is 0 Å². The molecule has 0 unspecified atom stereocenters. The molecular weight excluding hydrogens is 249 g/mol. The average Bonchev–Trinajstić information content (AvgIpc) is 2.24. The number of halogens is 3. The van der Waals surface area contributed by atoms with Gasteiger partial charge >= 0.3 is 12.3 Å². The van der Waals surface area contributed by atoms with Crippen molar-refractivity contribution >= 4 is 5.97 Å². The van der Waals surface area contributed by atoms with Crippen molar-refractivity contribution in [2.75, 3.05) is 0 Å². The van der Waals surface area contributed by atoms with E-state index in [9.17, 15) is 18.0 Å². The SMILES string of the molecule is O=C(O)CCCCc1ccccc1OC(F)(F)F. The second kappa shape index (κ2) is 6.28. The highest BCUT2D eigenvalue weighted by Crippen LogP contribution is 2.27. The Morgan fingerprint density at radius 2 is 1.89 bits per heavy atom. The fourth-order valence-electron chi connectivity index (χ4n) is 1.53. The van der Waals surface area contributed by atoms with Crippen molar-refractivity contribution < 1.29 is 27.8 Å². The number of ether oxygens (including phenoxy) is 1. The Labute approximate surface area is 102 Å². The van der Waals surface area contributed by atoms with Gasteiger partial charge < -0.3 is 9.84 Å². The lowest BCUT2D eigenvalue weighted by Gasteiger charge is -2.12. The number of unbranched alkanes of at least 4 members (excludes halogenated alkanes) is 1. The van der Waals surface area contributed by atoms with E-state index in [1.165, 1.54) is 12.1 Å². The molecule has 0 atom stereocenters. The fraction of sp³-hybridized carbons (Fsp3) is 0.417. The average molecular weight is 262 g/mol. The molecular formula is C12H13F3O3. The summed E-state index contributed by atoms with van der Waals surface area (Å²) in [6, 6.07) is 5.87. The zero-order valence-corrected chi connectivity index (χ0v) is 9.54. The maximum absolute atomic E-state index is 12.1. The molecule has 0 aliphatic heterocycles. The molecule has 0 spiro atoms. The van der Waals surface area contributed by atoms with E-state index in [1.807, 2.05) is 0 Å². The molecule has 0 radical (unpaired) electrons. The van der Waals surface area contributed by atoms with Gasteiger partial charge in [0.1, 0.15) is 5.75 Å². The van der Waals surface area contributed by atoms with Gasteiger partial charge in [-0.2, -0.15) is 0 Å². The van der Waals surface area contributed by atoms with Crippen molar-refractivity contribution in [1.82, 2.24) is 0 Å². The molecule has 6 heteroatoms. The molecule has 0 aliphatic carbocycles. The summed E-state index contributed by atoms with van der Waals surface area (Å²) in [5.41, 5.74) is 0.431. The Morgan fingerprint density at radius 1 is 1.22 bits per heavy atom. The standard InChI is InChI=1S/C12H13F3O3/c13-12(14,15)18-10-7-3-1-5-9(10)6-2-4-8-11(16)17/h1,3,5,7H,2,4,6,8H2,(H,16,17). The largest absolute Gasteiger partial charge is 0.573 e. The maximum Gasteiger partial charge on any atom is 0.573 e. The molecule has 0 saturated heterocycles. The number of aliphatic carboxylic acids is 1. The molecule has 100 valence electrons. The summed E-state index contributed by atoms with van der Waals surface area (Å²) in [6.07, 6.45) is -3.40. The second-order valence-electron chi connectivity index (χ2n) is 3.76. The predicted molar refractivity (Wildman–Crippen MR) is 58.3 cm³/mol. The summed E-state index contributed by atoms with van der Waals surface area (Å²) in [7, 11) is 0. The summed E-state index contributed by atoms with van der Waals surface area (Å²) in [6.45, 7) is 0. The van der Waals surface area contributed by atoms with E-state index in [-0.39, 0.29) is 12.2 Å². The van der Waals surface area contributed by atoms with Crippen LogP contribution in [-0.2, 0) is 11.2 Å². The van der Waals surface area contributed by atoms with Crippen molar-refractivity contribution in [2.45, 2.75) is 32.0 Å². The minimum Gasteiger partial charge on any atom is -0.481 e. The van der Waals surface area contributed by atoms with Gasteiger partial charge in [-0.1, -0.05) is 18.2 Å². The number of para-hydroxylation sites is 1. The summed E-state index contributed by atoms with van der Waals surface area (Å²) in [4.78, 5) is 10.3. The number of alkyl halides is 3. The van der Waals surface area contributed by atoms with Gasteiger partial charge in [0.2, 0.25) is 0 Å². The zero-order valence-electron chi connectivity index (χ0n) is 9.54. The van der Waals surface area contributed by atoms with Crippen molar-refractivity contribution in [3.63, 3.8) is 0 Å². The summed E-state index contributed by atoms with van der Waals surface area (Å²) >= 11 is 0. The first-order valence-electron chi connectivity index (χ1n) is 5.44. The van der Waals surface area contributed by atoms with Crippen LogP contribution in [0.2, 0.25) is 0 Å². The van der Waals surface area contributed by atoms with Crippen LogP contribution in [0.15, 0.2) is 24.3 Å². The number of hydrogen-bond donors (Lipinski definition) is 1. The molecule has 0 aliphatic rings. The monoisotopic (exact) mass is 262 g/mol. The van der Waals surface area contributed by atoms with Gasteiger partial charge in [-0.3, -0.25) is 4.79 Å². The van der Waals surface area contributed by atoms with Gasteiger partial charge in [0.25, 0.3) is 0 Å². The Morgan fingerprint density at radius 3 is 2.50 bits per heavy atom. The third-order valence-electron chi connectivity index (χ3n) is 2.29. The first-order chi connectivity index (χ1) is 8.38. The lowest BCUT2D eigenvalue weighted by molar-refractivity contribution is -0.274. The van der Waals surface area contributed by atoms with Crippen molar-refractivity contribution in [3.05, 3.63) is 29.8 Å². The lowest BCUT2D eigenvalue weighted by Crippen LogP contribution is -2.18. The Kier molecular flexibility index (Phi) is 5.00. The molecule has 0 saturated carbocycles. The molecule has 0 heterocycles. The van der Waals surface area contributed by atoms with Gasteiger partial charge in [-0.05, 0) is 30.9 Å². The van der Waals surface area contributed by atoms with E-state index < -0.39 is 12.3 Å². The number of hydrogen-bond acceptors (Lipinski definition) is 2. The van der Waals surface area contributed by atoms with Crippen LogP contribution in [0.25, 0.3) is 0 Å². The molecule has 1 N–H and O–H groups in total. The highest BCUT2D eigenvalue weighted by atomic mass is 19.4. The van der Waals surface area contributed by atoms with Crippen LogP contribution in [0.1, 0.15) is 24.8 Å². The van der Waals surface area contributed by atoms with Crippen LogP contribution in [0.3, 0.4) is 0 Å². The molecule has 1 aromatic carbocycles. The van der Waals surface area contributed by atoms with Crippen LogP contribution in [0, 0.1) is 0 Å². The lowest BCUT2D eigenvalue weighted by atomic mass is 10.1. The number of rotatable bonds is 6. The van der Waals surface area contributed by atoms with E-state index in [4.69, 9.17) is 5.11 Å². The van der Waals surface area contributed by atoms with E-state index in [2.05, 4.69) is 4.74 Å². The molecule has 0 aromatic heterocycles. The normalized spacial score (nSPS) is 11.3. The smallest absolute Gasteiger partial charge is 0.481 e. The van der Waals surface area contributed by atoms with Crippen LogP contribution in [-0.4, -0.2) is 17.4 Å². The predicted octanol–water partition coefficient (Wildman–Crippen LogP) is 3.38. The zero-order chi connectivity index (χ0) is 13.6. The van der Waals surface area contributed by atoms with Crippen LogP contribution >= 0.6 is 0 Å². The highest BCUT2D eigenvalue weighted by Gasteiger charge is 2.31. The maximum atomic E-state index is 12.1. The number of carbonyl (C=O) groups is 1. The Hall–Kier alpha value is -1.72. The minimum absolute atomic E-state index is 0.0162. The van der Waals surface area contributed by atoms with Crippen molar-refractivity contribution in [2.24, 2.45) is 0 Å². The van der Waals surface area contributed by atoms with Crippen LogP contribution in [0.4, 0.5) is 13.2 Å². The van der Waals surface area contributed by atoms with Gasteiger partial charge in [-0.25, -0.2) is 0 Å². The van der Waals surface area contributed by atoms with E-state index in [0.29, 0.717) is 24.8 Å². The summed E-state index contributed by atoms with van der Waals surface area (Å²) < 4.78 is 40.2. The molecule has 1 rings (SSSR count). The second-order valence-corrected chi connectivity index (χ2v) is 3.76. The van der Waals surface area contributed by atoms with E-state index in [0.717, 1.165) is 0 Å².